The average Bonchev–Trinajstić information content (AvgIpc) is 2.94. The monoisotopic (exact) mass is 373 g/mol. The zero-order chi connectivity index (χ0) is 18.7. The molecule has 0 saturated carbocycles. The third-order valence-electron chi connectivity index (χ3n) is 4.12. The molecule has 2 heterocycles. The van der Waals surface area contributed by atoms with Gasteiger partial charge in [-0.25, -0.2) is 8.42 Å². The molecule has 0 bridgehead atoms. The van der Waals surface area contributed by atoms with Crippen molar-refractivity contribution in [1.82, 2.24) is 10.3 Å². The highest BCUT2D eigenvalue weighted by atomic mass is 32.2. The third-order valence-corrected chi connectivity index (χ3v) is 5.89. The van der Waals surface area contributed by atoms with Gasteiger partial charge in [0.25, 0.3) is 5.91 Å². The highest BCUT2D eigenvalue weighted by Crippen LogP contribution is 2.19. The molecule has 0 radical (unpaired) electrons. The van der Waals surface area contributed by atoms with Crippen LogP contribution in [0.3, 0.4) is 0 Å². The van der Waals surface area contributed by atoms with Crippen LogP contribution in [0.25, 0.3) is 0 Å². The van der Waals surface area contributed by atoms with Gasteiger partial charge in [0, 0.05) is 29.2 Å². The van der Waals surface area contributed by atoms with E-state index in [1.165, 1.54) is 13.1 Å². The molecule has 1 unspecified atom stereocenters. The maximum Gasteiger partial charge on any atom is 0.270 e. The van der Waals surface area contributed by atoms with E-state index in [-0.39, 0.29) is 29.0 Å². The lowest BCUT2D eigenvalue weighted by Gasteiger charge is -2.12. The molecule has 2 aromatic rings. The SMILES string of the molecule is CC(=O)c1cccc(Nc2ccnc(C(=O)NC3CCS(=O)(=O)C3)c2)c1. The fraction of sp³-hybridized carbons (Fsp3) is 0.278. The molecular formula is C18H19N3O4S. The summed E-state index contributed by atoms with van der Waals surface area (Å²) in [6.45, 7) is 1.50. The Kier molecular flexibility index (Phi) is 5.03. The summed E-state index contributed by atoms with van der Waals surface area (Å²) in [6.07, 6.45) is 1.92. The second-order valence-electron chi connectivity index (χ2n) is 6.27. The molecule has 1 aliphatic heterocycles. The van der Waals surface area contributed by atoms with E-state index in [0.29, 0.717) is 17.7 Å². The number of nitrogens with zero attached hydrogens (tertiary/aromatic N) is 1. The number of carbonyl (C=O) groups is 2. The van der Waals surface area contributed by atoms with E-state index in [9.17, 15) is 18.0 Å². The summed E-state index contributed by atoms with van der Waals surface area (Å²) in [6, 6.07) is 9.96. The number of hydrogen-bond acceptors (Lipinski definition) is 6. The topological polar surface area (TPSA) is 105 Å². The summed E-state index contributed by atoms with van der Waals surface area (Å²) < 4.78 is 23.0. The van der Waals surface area contributed by atoms with E-state index >= 15 is 0 Å². The van der Waals surface area contributed by atoms with Crippen LogP contribution in [0.5, 0.6) is 0 Å². The first-order valence-electron chi connectivity index (χ1n) is 8.18. The number of ketones is 1. The van der Waals surface area contributed by atoms with Crippen molar-refractivity contribution >= 4 is 32.9 Å². The Morgan fingerprint density at radius 3 is 2.62 bits per heavy atom. The van der Waals surface area contributed by atoms with Gasteiger partial charge in [-0.2, -0.15) is 0 Å². The lowest BCUT2D eigenvalue weighted by Crippen LogP contribution is -2.36. The molecule has 0 aliphatic carbocycles. The van der Waals surface area contributed by atoms with Crippen LogP contribution in [-0.2, 0) is 9.84 Å². The van der Waals surface area contributed by atoms with E-state index in [2.05, 4.69) is 15.6 Å². The molecule has 2 N–H and O–H groups in total. The minimum absolute atomic E-state index is 0.0324. The molecular weight excluding hydrogens is 354 g/mol. The fourth-order valence-corrected chi connectivity index (χ4v) is 4.46. The zero-order valence-corrected chi connectivity index (χ0v) is 15.0. The molecule has 1 saturated heterocycles. The third kappa shape index (κ3) is 4.45. The lowest BCUT2D eigenvalue weighted by molar-refractivity contribution is 0.0935. The summed E-state index contributed by atoms with van der Waals surface area (Å²) in [5.41, 5.74) is 2.15. The standard InChI is InChI=1S/C18H19N3O4S/c1-12(22)13-3-2-4-14(9-13)20-15-5-7-19-17(10-15)18(23)21-16-6-8-26(24,25)11-16/h2-5,7,9-10,16H,6,8,11H2,1H3,(H,19,20)(H,21,23). The first kappa shape index (κ1) is 18.1. The number of nitrogens with one attached hydrogen (secondary N) is 2. The van der Waals surface area contributed by atoms with Crippen molar-refractivity contribution in [3.63, 3.8) is 0 Å². The molecule has 0 spiro atoms. The summed E-state index contributed by atoms with van der Waals surface area (Å²) in [5, 5.41) is 5.85. The van der Waals surface area contributed by atoms with Crippen LogP contribution in [0.4, 0.5) is 11.4 Å². The molecule has 26 heavy (non-hydrogen) atoms. The van der Waals surface area contributed by atoms with Crippen molar-refractivity contribution < 1.29 is 18.0 Å². The summed E-state index contributed by atoms with van der Waals surface area (Å²) in [4.78, 5) is 27.8. The number of anilines is 2. The van der Waals surface area contributed by atoms with E-state index < -0.39 is 15.7 Å². The first-order chi connectivity index (χ1) is 12.3. The van der Waals surface area contributed by atoms with Crippen molar-refractivity contribution in [2.45, 2.75) is 19.4 Å². The number of pyridine rings is 1. The number of rotatable bonds is 5. The van der Waals surface area contributed by atoms with Gasteiger partial charge in [0.1, 0.15) is 5.69 Å². The molecule has 1 aliphatic rings. The van der Waals surface area contributed by atoms with Crippen molar-refractivity contribution in [3.05, 3.63) is 53.9 Å². The Morgan fingerprint density at radius 2 is 1.92 bits per heavy atom. The van der Waals surface area contributed by atoms with Gasteiger partial charge >= 0.3 is 0 Å². The molecule has 1 amide bonds. The van der Waals surface area contributed by atoms with Crippen LogP contribution >= 0.6 is 0 Å². The van der Waals surface area contributed by atoms with Crippen LogP contribution in [0, 0.1) is 0 Å². The zero-order valence-electron chi connectivity index (χ0n) is 14.2. The summed E-state index contributed by atoms with van der Waals surface area (Å²) >= 11 is 0. The Balaban J connectivity index is 1.71. The Bertz CT molecular complexity index is 956. The van der Waals surface area contributed by atoms with Crippen LogP contribution in [0.1, 0.15) is 34.2 Å². The molecule has 1 fully saturated rings. The van der Waals surface area contributed by atoms with Gasteiger partial charge in [-0.05, 0) is 37.6 Å². The maximum absolute atomic E-state index is 12.3. The van der Waals surface area contributed by atoms with E-state index in [1.807, 2.05) is 6.07 Å². The van der Waals surface area contributed by atoms with Gasteiger partial charge in [0.15, 0.2) is 15.6 Å². The Morgan fingerprint density at radius 1 is 1.15 bits per heavy atom. The van der Waals surface area contributed by atoms with Crippen LogP contribution < -0.4 is 10.6 Å². The Hall–Kier alpha value is -2.74. The van der Waals surface area contributed by atoms with Crippen LogP contribution in [-0.4, -0.2) is 42.6 Å². The largest absolute Gasteiger partial charge is 0.355 e. The molecule has 7 nitrogen and oxygen atoms in total. The van der Waals surface area contributed by atoms with Gasteiger partial charge < -0.3 is 10.6 Å². The number of amides is 1. The lowest BCUT2D eigenvalue weighted by atomic mass is 10.1. The molecule has 136 valence electrons. The summed E-state index contributed by atoms with van der Waals surface area (Å²) in [7, 11) is -3.06. The predicted molar refractivity (Wildman–Crippen MR) is 98.5 cm³/mol. The number of hydrogen-bond donors (Lipinski definition) is 2. The minimum Gasteiger partial charge on any atom is -0.355 e. The van der Waals surface area contributed by atoms with Crippen molar-refractivity contribution in [3.8, 4) is 0 Å². The van der Waals surface area contributed by atoms with Crippen molar-refractivity contribution in [2.75, 3.05) is 16.8 Å². The van der Waals surface area contributed by atoms with E-state index in [1.54, 1.807) is 30.3 Å². The molecule has 1 aromatic heterocycles. The maximum atomic E-state index is 12.3. The molecule has 8 heteroatoms. The molecule has 1 atom stereocenters. The van der Waals surface area contributed by atoms with Crippen LogP contribution in [0.15, 0.2) is 42.6 Å². The van der Waals surface area contributed by atoms with Crippen molar-refractivity contribution in [2.24, 2.45) is 0 Å². The fourth-order valence-electron chi connectivity index (χ4n) is 2.78. The van der Waals surface area contributed by atoms with Gasteiger partial charge in [-0.15, -0.1) is 0 Å². The molecule has 3 rings (SSSR count). The number of Topliss-reactive ketones (excluding diaryl/α,β-unsaturated/α-hetero) is 1. The summed E-state index contributed by atoms with van der Waals surface area (Å²) in [5.74, 6) is -0.378. The van der Waals surface area contributed by atoms with Gasteiger partial charge in [0.2, 0.25) is 0 Å². The first-order valence-corrected chi connectivity index (χ1v) is 10.00. The quantitative estimate of drug-likeness (QED) is 0.776. The van der Waals surface area contributed by atoms with Gasteiger partial charge in [0.05, 0.1) is 11.5 Å². The van der Waals surface area contributed by atoms with Gasteiger partial charge in [-0.3, -0.25) is 14.6 Å². The normalized spacial score (nSPS) is 18.3. The highest BCUT2D eigenvalue weighted by Gasteiger charge is 2.29. The van der Waals surface area contributed by atoms with E-state index in [4.69, 9.17) is 0 Å². The second-order valence-corrected chi connectivity index (χ2v) is 8.49. The second kappa shape index (κ2) is 7.25. The Labute approximate surface area is 151 Å². The number of aromatic nitrogens is 1. The van der Waals surface area contributed by atoms with Crippen molar-refractivity contribution in [1.29, 1.82) is 0 Å². The predicted octanol–water partition coefficient (Wildman–Crippen LogP) is 1.94. The highest BCUT2D eigenvalue weighted by molar-refractivity contribution is 7.91. The van der Waals surface area contributed by atoms with E-state index in [0.717, 1.165) is 5.69 Å². The number of carbonyl (C=O) groups excluding carboxylic acids is 2. The smallest absolute Gasteiger partial charge is 0.270 e. The minimum atomic E-state index is -3.06. The van der Waals surface area contributed by atoms with Gasteiger partial charge in [-0.1, -0.05) is 12.1 Å². The number of benzene rings is 1. The van der Waals surface area contributed by atoms with Crippen LogP contribution in [0.2, 0.25) is 0 Å². The average molecular weight is 373 g/mol. The molecule has 1 aromatic carbocycles. The number of sulfone groups is 1.